The molecule has 4 heteroatoms. The van der Waals surface area contributed by atoms with E-state index in [1.807, 2.05) is 30.3 Å². The number of benzene rings is 1. The van der Waals surface area contributed by atoms with Crippen LogP contribution in [0, 0.1) is 0 Å². The van der Waals surface area contributed by atoms with Crippen molar-refractivity contribution in [2.24, 2.45) is 0 Å². The van der Waals surface area contributed by atoms with Gasteiger partial charge < -0.3 is 10.6 Å². The Morgan fingerprint density at radius 1 is 1.32 bits per heavy atom. The number of piperidine rings is 1. The second kappa shape index (κ2) is 7.26. The zero-order chi connectivity index (χ0) is 13.5. The fraction of sp³-hybridized carbons (Fsp3) is 0.533. The summed E-state index contributed by atoms with van der Waals surface area (Å²) >= 11 is 0. The summed E-state index contributed by atoms with van der Waals surface area (Å²) in [5, 5.41) is 6.31. The summed E-state index contributed by atoms with van der Waals surface area (Å²) in [6.45, 7) is 5.64. The number of likely N-dealkylation sites (N-methyl/N-ethyl adjacent to an activating group) is 1. The molecule has 0 unspecified atom stereocenters. The van der Waals surface area contributed by atoms with Crippen molar-refractivity contribution >= 4 is 11.6 Å². The van der Waals surface area contributed by atoms with Gasteiger partial charge in [0.2, 0.25) is 5.91 Å². The zero-order valence-corrected chi connectivity index (χ0v) is 11.6. The minimum atomic E-state index is 0.0755. The lowest BCUT2D eigenvalue weighted by Gasteiger charge is -2.33. The molecule has 0 aromatic heterocycles. The minimum Gasteiger partial charge on any atom is -0.325 e. The average Bonchev–Trinajstić information content (AvgIpc) is 2.47. The molecule has 1 heterocycles. The van der Waals surface area contributed by atoms with E-state index in [0.29, 0.717) is 12.6 Å². The first-order chi connectivity index (χ1) is 9.29. The van der Waals surface area contributed by atoms with E-state index in [9.17, 15) is 4.79 Å². The Labute approximate surface area is 115 Å². The van der Waals surface area contributed by atoms with Crippen molar-refractivity contribution < 1.29 is 4.79 Å². The third kappa shape index (κ3) is 4.33. The van der Waals surface area contributed by atoms with E-state index in [4.69, 9.17) is 0 Å². The molecule has 0 radical (unpaired) electrons. The van der Waals surface area contributed by atoms with Crippen molar-refractivity contribution in [3.8, 4) is 0 Å². The van der Waals surface area contributed by atoms with Crippen molar-refractivity contribution in [2.45, 2.75) is 25.8 Å². The smallest absolute Gasteiger partial charge is 0.238 e. The Morgan fingerprint density at radius 2 is 2.00 bits per heavy atom. The molecule has 19 heavy (non-hydrogen) atoms. The Morgan fingerprint density at radius 3 is 2.63 bits per heavy atom. The van der Waals surface area contributed by atoms with Gasteiger partial charge in [-0.15, -0.1) is 0 Å². The highest BCUT2D eigenvalue weighted by Crippen LogP contribution is 2.12. The first-order valence-electron chi connectivity index (χ1n) is 7.09. The molecule has 1 aliphatic rings. The van der Waals surface area contributed by atoms with Gasteiger partial charge in [-0.2, -0.15) is 0 Å². The van der Waals surface area contributed by atoms with Crippen LogP contribution in [0.25, 0.3) is 0 Å². The Hall–Kier alpha value is -1.39. The maximum Gasteiger partial charge on any atom is 0.238 e. The van der Waals surface area contributed by atoms with Crippen molar-refractivity contribution in [1.82, 2.24) is 10.2 Å². The summed E-state index contributed by atoms with van der Waals surface area (Å²) in [5.41, 5.74) is 0.869. The van der Waals surface area contributed by atoms with Crippen molar-refractivity contribution in [3.05, 3.63) is 30.3 Å². The van der Waals surface area contributed by atoms with Gasteiger partial charge in [-0.05, 0) is 44.6 Å². The number of para-hydroxylation sites is 1. The SMILES string of the molecule is CCN(CC(=O)Nc1ccccc1)C1CCNCC1. The highest BCUT2D eigenvalue weighted by atomic mass is 16.2. The number of nitrogens with zero attached hydrogens (tertiary/aromatic N) is 1. The largest absolute Gasteiger partial charge is 0.325 e. The first kappa shape index (κ1) is 14.0. The molecule has 0 saturated carbocycles. The summed E-state index contributed by atoms with van der Waals surface area (Å²) in [7, 11) is 0. The van der Waals surface area contributed by atoms with E-state index >= 15 is 0 Å². The molecule has 104 valence electrons. The summed E-state index contributed by atoms with van der Waals surface area (Å²) in [6, 6.07) is 10.2. The van der Waals surface area contributed by atoms with Crippen LogP contribution in [0.5, 0.6) is 0 Å². The fourth-order valence-corrected chi connectivity index (χ4v) is 2.58. The van der Waals surface area contributed by atoms with Gasteiger partial charge in [0, 0.05) is 11.7 Å². The summed E-state index contributed by atoms with van der Waals surface area (Å²) < 4.78 is 0. The topological polar surface area (TPSA) is 44.4 Å². The lowest BCUT2D eigenvalue weighted by molar-refractivity contribution is -0.118. The highest BCUT2D eigenvalue weighted by molar-refractivity contribution is 5.92. The zero-order valence-electron chi connectivity index (χ0n) is 11.6. The van der Waals surface area contributed by atoms with Gasteiger partial charge in [0.15, 0.2) is 0 Å². The van der Waals surface area contributed by atoms with Gasteiger partial charge in [-0.1, -0.05) is 25.1 Å². The lowest BCUT2D eigenvalue weighted by atomic mass is 10.0. The quantitative estimate of drug-likeness (QED) is 0.848. The lowest BCUT2D eigenvalue weighted by Crippen LogP contribution is -2.46. The summed E-state index contributed by atoms with van der Waals surface area (Å²) in [5.74, 6) is 0.0755. The molecule has 2 rings (SSSR count). The van der Waals surface area contributed by atoms with E-state index in [-0.39, 0.29) is 5.91 Å². The number of anilines is 1. The third-order valence-electron chi connectivity index (χ3n) is 3.64. The predicted octanol–water partition coefficient (Wildman–Crippen LogP) is 1.70. The number of carbonyl (C=O) groups excluding carboxylic acids is 1. The van der Waals surface area contributed by atoms with Crippen LogP contribution in [0.4, 0.5) is 5.69 Å². The van der Waals surface area contributed by atoms with E-state index in [1.165, 1.54) is 0 Å². The van der Waals surface area contributed by atoms with E-state index in [1.54, 1.807) is 0 Å². The van der Waals surface area contributed by atoms with Gasteiger partial charge in [0.05, 0.1) is 6.54 Å². The molecule has 0 bridgehead atoms. The Bertz CT molecular complexity index is 388. The third-order valence-corrected chi connectivity index (χ3v) is 3.64. The van der Waals surface area contributed by atoms with Crippen LogP contribution in [-0.2, 0) is 4.79 Å². The van der Waals surface area contributed by atoms with Gasteiger partial charge in [-0.25, -0.2) is 0 Å². The maximum absolute atomic E-state index is 12.1. The van der Waals surface area contributed by atoms with Crippen LogP contribution in [0.2, 0.25) is 0 Å². The molecule has 0 aliphatic carbocycles. The molecule has 1 aliphatic heterocycles. The molecule has 1 saturated heterocycles. The van der Waals surface area contributed by atoms with Crippen molar-refractivity contribution in [3.63, 3.8) is 0 Å². The molecule has 1 aromatic rings. The standard InChI is InChI=1S/C15H23N3O/c1-2-18(14-8-10-16-11-9-14)12-15(19)17-13-6-4-3-5-7-13/h3-7,14,16H,2,8-12H2,1H3,(H,17,19). The normalized spacial score (nSPS) is 16.5. The molecule has 0 spiro atoms. The molecule has 2 N–H and O–H groups in total. The van der Waals surface area contributed by atoms with E-state index in [0.717, 1.165) is 38.2 Å². The second-order valence-corrected chi connectivity index (χ2v) is 4.96. The number of nitrogens with one attached hydrogen (secondary N) is 2. The summed E-state index contributed by atoms with van der Waals surface area (Å²) in [6.07, 6.45) is 2.26. The second-order valence-electron chi connectivity index (χ2n) is 4.96. The average molecular weight is 261 g/mol. The van der Waals surface area contributed by atoms with Crippen LogP contribution in [0.1, 0.15) is 19.8 Å². The molecular weight excluding hydrogens is 238 g/mol. The van der Waals surface area contributed by atoms with Crippen molar-refractivity contribution in [1.29, 1.82) is 0 Å². The number of hydrogen-bond donors (Lipinski definition) is 2. The van der Waals surface area contributed by atoms with Crippen molar-refractivity contribution in [2.75, 3.05) is 31.5 Å². The molecule has 0 atom stereocenters. The highest BCUT2D eigenvalue weighted by Gasteiger charge is 2.21. The van der Waals surface area contributed by atoms with Gasteiger partial charge >= 0.3 is 0 Å². The van der Waals surface area contributed by atoms with Gasteiger partial charge in [0.25, 0.3) is 0 Å². The molecule has 1 aromatic carbocycles. The number of amides is 1. The number of carbonyl (C=O) groups is 1. The van der Waals surface area contributed by atoms with Crippen LogP contribution in [0.15, 0.2) is 30.3 Å². The summed E-state index contributed by atoms with van der Waals surface area (Å²) in [4.78, 5) is 14.3. The van der Waals surface area contributed by atoms with Gasteiger partial charge in [0.1, 0.15) is 0 Å². The number of rotatable bonds is 5. The Kier molecular flexibility index (Phi) is 5.36. The van der Waals surface area contributed by atoms with E-state index < -0.39 is 0 Å². The monoisotopic (exact) mass is 261 g/mol. The van der Waals surface area contributed by atoms with Crippen LogP contribution < -0.4 is 10.6 Å². The molecule has 1 fully saturated rings. The molecule has 4 nitrogen and oxygen atoms in total. The van der Waals surface area contributed by atoms with Crippen LogP contribution in [-0.4, -0.2) is 43.0 Å². The van der Waals surface area contributed by atoms with E-state index in [2.05, 4.69) is 22.5 Å². The van der Waals surface area contributed by atoms with Gasteiger partial charge in [-0.3, -0.25) is 9.69 Å². The van der Waals surface area contributed by atoms with Crippen LogP contribution in [0.3, 0.4) is 0 Å². The minimum absolute atomic E-state index is 0.0755. The fourth-order valence-electron chi connectivity index (χ4n) is 2.58. The predicted molar refractivity (Wildman–Crippen MR) is 78.2 cm³/mol. The van der Waals surface area contributed by atoms with Crippen LogP contribution >= 0.6 is 0 Å². The maximum atomic E-state index is 12.1. The Balaban J connectivity index is 1.85. The molecular formula is C15H23N3O. The first-order valence-corrected chi connectivity index (χ1v) is 7.09. The number of hydrogen-bond acceptors (Lipinski definition) is 3. The molecule has 1 amide bonds.